The van der Waals surface area contributed by atoms with Crippen molar-refractivity contribution in [2.24, 2.45) is 0 Å². The van der Waals surface area contributed by atoms with Gasteiger partial charge in [-0.25, -0.2) is 0 Å². The van der Waals surface area contributed by atoms with Crippen LogP contribution < -0.4 is 10.1 Å². The molecule has 0 radical (unpaired) electrons. The van der Waals surface area contributed by atoms with E-state index in [1.54, 1.807) is 0 Å². The van der Waals surface area contributed by atoms with Gasteiger partial charge < -0.3 is 15.2 Å². The third kappa shape index (κ3) is 4.51. The molecule has 1 aliphatic rings. The van der Waals surface area contributed by atoms with Crippen LogP contribution in [0, 0.1) is 0 Å². The van der Waals surface area contributed by atoms with Gasteiger partial charge in [-0.2, -0.15) is 0 Å². The molecule has 0 aliphatic heterocycles. The highest BCUT2D eigenvalue weighted by atomic mass is 16.5. The average molecular weight is 263 g/mol. The Kier molecular flexibility index (Phi) is 4.83. The van der Waals surface area contributed by atoms with Crippen LogP contribution in [-0.4, -0.2) is 23.4 Å². The summed E-state index contributed by atoms with van der Waals surface area (Å²) in [6.45, 7) is 5.26. The maximum atomic E-state index is 10.2. The van der Waals surface area contributed by atoms with E-state index in [0.717, 1.165) is 18.3 Å². The number of hydrogen-bond acceptors (Lipinski definition) is 3. The van der Waals surface area contributed by atoms with Gasteiger partial charge in [0, 0.05) is 12.6 Å². The summed E-state index contributed by atoms with van der Waals surface area (Å²) in [7, 11) is 0. The summed E-state index contributed by atoms with van der Waals surface area (Å²) in [5, 5.41) is 13.6. The van der Waals surface area contributed by atoms with Gasteiger partial charge in [0.2, 0.25) is 0 Å². The molecule has 1 aromatic carbocycles. The van der Waals surface area contributed by atoms with E-state index in [1.165, 1.54) is 18.4 Å². The molecule has 0 spiro atoms. The molecule has 106 valence electrons. The van der Waals surface area contributed by atoms with Gasteiger partial charge in [-0.15, -0.1) is 0 Å². The maximum absolute atomic E-state index is 10.2. The van der Waals surface area contributed by atoms with Crippen molar-refractivity contribution in [3.8, 4) is 5.75 Å². The van der Waals surface area contributed by atoms with Crippen molar-refractivity contribution < 1.29 is 9.84 Å². The zero-order valence-corrected chi connectivity index (χ0v) is 12.0. The quantitative estimate of drug-likeness (QED) is 0.758. The Morgan fingerprint density at radius 2 is 1.84 bits per heavy atom. The fourth-order valence-electron chi connectivity index (χ4n) is 1.92. The van der Waals surface area contributed by atoms with Gasteiger partial charge >= 0.3 is 0 Å². The third-order valence-electron chi connectivity index (χ3n) is 3.92. The number of ether oxygens (including phenoxy) is 1. The zero-order chi connectivity index (χ0) is 13.7. The predicted octanol–water partition coefficient (Wildman–Crippen LogP) is 2.87. The molecule has 0 atom stereocenters. The van der Waals surface area contributed by atoms with Crippen LogP contribution >= 0.6 is 0 Å². The summed E-state index contributed by atoms with van der Waals surface area (Å²) >= 11 is 0. The predicted molar refractivity (Wildman–Crippen MR) is 77.3 cm³/mol. The van der Waals surface area contributed by atoms with Crippen molar-refractivity contribution in [2.75, 3.05) is 6.61 Å². The fraction of sp³-hybridized carbons (Fsp3) is 0.625. The third-order valence-corrected chi connectivity index (χ3v) is 3.92. The lowest BCUT2D eigenvalue weighted by Gasteiger charge is -2.25. The summed E-state index contributed by atoms with van der Waals surface area (Å²) in [6, 6.07) is 8.87. The van der Waals surface area contributed by atoms with Crippen LogP contribution in [0.2, 0.25) is 0 Å². The van der Waals surface area contributed by atoms with E-state index in [-0.39, 0.29) is 0 Å². The van der Waals surface area contributed by atoms with Crippen molar-refractivity contribution >= 4 is 0 Å². The minimum Gasteiger partial charge on any atom is -0.491 e. The number of rotatable bonds is 8. The van der Waals surface area contributed by atoms with E-state index < -0.39 is 5.60 Å². The largest absolute Gasteiger partial charge is 0.491 e. The van der Waals surface area contributed by atoms with Crippen LogP contribution in [0.3, 0.4) is 0 Å². The van der Waals surface area contributed by atoms with Crippen molar-refractivity contribution in [3.05, 3.63) is 29.8 Å². The van der Waals surface area contributed by atoms with Gasteiger partial charge in [0.15, 0.2) is 0 Å². The Labute approximate surface area is 116 Å². The molecule has 2 N–H and O–H groups in total. The van der Waals surface area contributed by atoms with Crippen LogP contribution in [0.15, 0.2) is 24.3 Å². The first-order valence-electron chi connectivity index (χ1n) is 7.32. The minimum atomic E-state index is -0.702. The zero-order valence-electron chi connectivity index (χ0n) is 12.0. The second-order valence-corrected chi connectivity index (χ2v) is 5.52. The van der Waals surface area contributed by atoms with Crippen molar-refractivity contribution in [1.82, 2.24) is 5.32 Å². The second-order valence-electron chi connectivity index (χ2n) is 5.52. The number of hydrogen-bond donors (Lipinski definition) is 2. The Morgan fingerprint density at radius 1 is 1.21 bits per heavy atom. The molecule has 3 nitrogen and oxygen atoms in total. The van der Waals surface area contributed by atoms with Crippen molar-refractivity contribution in [2.45, 2.75) is 57.7 Å². The molecule has 1 fully saturated rings. The highest BCUT2D eigenvalue weighted by Gasteiger charge is 2.23. The summed E-state index contributed by atoms with van der Waals surface area (Å²) in [5.74, 6) is 0.829. The standard InChI is InChI=1S/C16H25NO2/c1-3-16(18,4-2)12-19-15-9-5-13(6-10-15)11-17-14-7-8-14/h5-6,9-10,14,17-18H,3-4,7-8,11-12H2,1-2H3. The Hall–Kier alpha value is -1.06. The van der Waals surface area contributed by atoms with Crippen LogP contribution in [0.5, 0.6) is 5.75 Å². The molecular weight excluding hydrogens is 238 g/mol. The lowest BCUT2D eigenvalue weighted by Crippen LogP contribution is -2.34. The molecule has 0 saturated heterocycles. The molecule has 1 aromatic rings. The lowest BCUT2D eigenvalue weighted by molar-refractivity contribution is -0.0113. The van der Waals surface area contributed by atoms with Gasteiger partial charge in [-0.05, 0) is 43.4 Å². The Bertz CT molecular complexity index is 380. The first kappa shape index (κ1) is 14.4. The van der Waals surface area contributed by atoms with Gasteiger partial charge in [0.05, 0.1) is 5.60 Å². The topological polar surface area (TPSA) is 41.5 Å². The summed E-state index contributed by atoms with van der Waals surface area (Å²) in [6.07, 6.45) is 4.06. The highest BCUT2D eigenvalue weighted by Crippen LogP contribution is 2.21. The molecular formula is C16H25NO2. The number of nitrogens with one attached hydrogen (secondary N) is 1. The SMILES string of the molecule is CCC(O)(CC)COc1ccc(CNC2CC2)cc1. The number of aliphatic hydroxyl groups is 1. The normalized spacial score (nSPS) is 15.5. The second kappa shape index (κ2) is 6.40. The minimum absolute atomic E-state index is 0.361. The molecule has 19 heavy (non-hydrogen) atoms. The average Bonchev–Trinajstić information content (AvgIpc) is 3.28. The van der Waals surface area contributed by atoms with Gasteiger partial charge in [-0.1, -0.05) is 26.0 Å². The van der Waals surface area contributed by atoms with Gasteiger partial charge in [-0.3, -0.25) is 0 Å². The molecule has 0 aromatic heterocycles. The van der Waals surface area contributed by atoms with E-state index in [4.69, 9.17) is 4.74 Å². The molecule has 1 aliphatic carbocycles. The Balaban J connectivity index is 1.80. The molecule has 1 saturated carbocycles. The van der Waals surface area contributed by atoms with Crippen LogP contribution in [0.1, 0.15) is 45.1 Å². The summed E-state index contributed by atoms with van der Waals surface area (Å²) < 4.78 is 5.68. The van der Waals surface area contributed by atoms with Crippen LogP contribution in [0.4, 0.5) is 0 Å². The first-order chi connectivity index (χ1) is 9.15. The maximum Gasteiger partial charge on any atom is 0.119 e. The molecule has 0 unspecified atom stereocenters. The van der Waals surface area contributed by atoms with Crippen molar-refractivity contribution in [3.63, 3.8) is 0 Å². The van der Waals surface area contributed by atoms with E-state index in [0.29, 0.717) is 19.4 Å². The first-order valence-corrected chi connectivity index (χ1v) is 7.32. The monoisotopic (exact) mass is 263 g/mol. The molecule has 0 bridgehead atoms. The Morgan fingerprint density at radius 3 is 2.37 bits per heavy atom. The smallest absolute Gasteiger partial charge is 0.119 e. The summed E-state index contributed by atoms with van der Waals surface area (Å²) in [5.41, 5.74) is 0.576. The highest BCUT2D eigenvalue weighted by molar-refractivity contribution is 5.27. The van der Waals surface area contributed by atoms with Crippen LogP contribution in [-0.2, 0) is 6.54 Å². The van der Waals surface area contributed by atoms with E-state index in [2.05, 4.69) is 17.4 Å². The van der Waals surface area contributed by atoms with Crippen LogP contribution in [0.25, 0.3) is 0 Å². The summed E-state index contributed by atoms with van der Waals surface area (Å²) in [4.78, 5) is 0. The molecule has 0 amide bonds. The molecule has 3 heteroatoms. The fourth-order valence-corrected chi connectivity index (χ4v) is 1.92. The van der Waals surface area contributed by atoms with Gasteiger partial charge in [0.1, 0.15) is 12.4 Å². The van der Waals surface area contributed by atoms with Crippen molar-refractivity contribution in [1.29, 1.82) is 0 Å². The number of benzene rings is 1. The molecule has 2 rings (SSSR count). The lowest BCUT2D eigenvalue weighted by atomic mass is 9.99. The van der Waals surface area contributed by atoms with Gasteiger partial charge in [0.25, 0.3) is 0 Å². The molecule has 0 heterocycles. The van der Waals surface area contributed by atoms with E-state index in [9.17, 15) is 5.11 Å². The van der Waals surface area contributed by atoms with E-state index >= 15 is 0 Å². The van der Waals surface area contributed by atoms with E-state index in [1.807, 2.05) is 26.0 Å².